The Bertz CT molecular complexity index is 1340. The van der Waals surface area contributed by atoms with E-state index in [9.17, 15) is 25.0 Å². The van der Waals surface area contributed by atoms with Gasteiger partial charge in [-0.1, -0.05) is 66.4 Å². The molecule has 0 bridgehead atoms. The number of thioether (sulfide) groups is 1. The first-order valence-corrected chi connectivity index (χ1v) is 11.0. The Kier molecular flexibility index (Phi) is 6.66. The second-order valence-electron chi connectivity index (χ2n) is 7.09. The average Bonchev–Trinajstić information content (AvgIpc) is 3.07. The molecule has 3 aromatic rings. The molecule has 0 aliphatic carbocycles. The minimum absolute atomic E-state index is 0.137. The van der Waals surface area contributed by atoms with Crippen molar-refractivity contribution in [2.45, 2.75) is 6.54 Å². The van der Waals surface area contributed by atoms with Crippen molar-refractivity contribution in [1.82, 2.24) is 4.90 Å². The predicted molar refractivity (Wildman–Crippen MR) is 131 cm³/mol. The van der Waals surface area contributed by atoms with Crippen LogP contribution in [0.2, 0.25) is 0 Å². The zero-order chi connectivity index (χ0) is 24.2. The number of benzene rings is 3. The van der Waals surface area contributed by atoms with Gasteiger partial charge in [0.25, 0.3) is 11.6 Å². The number of rotatable bonds is 7. The summed E-state index contributed by atoms with van der Waals surface area (Å²) in [7, 11) is 0. The quantitative estimate of drug-likeness (QED) is 0.178. The van der Waals surface area contributed by atoms with E-state index in [4.69, 9.17) is 17.0 Å². The molecule has 34 heavy (non-hydrogen) atoms. The number of nitro benzene ring substituents is 2. The van der Waals surface area contributed by atoms with Gasteiger partial charge < -0.3 is 4.74 Å². The normalized spacial score (nSPS) is 14.5. The highest BCUT2D eigenvalue weighted by Crippen LogP contribution is 2.36. The van der Waals surface area contributed by atoms with Crippen LogP contribution >= 0.6 is 24.0 Å². The second-order valence-corrected chi connectivity index (χ2v) is 8.77. The molecule has 1 heterocycles. The number of amides is 1. The molecular weight excluding hydrogens is 478 g/mol. The molecule has 1 fully saturated rings. The smallest absolute Gasteiger partial charge is 0.318 e. The van der Waals surface area contributed by atoms with E-state index >= 15 is 0 Å². The average molecular weight is 494 g/mol. The molecule has 170 valence electrons. The Balaban J connectivity index is 1.55. The van der Waals surface area contributed by atoms with E-state index < -0.39 is 21.2 Å². The Morgan fingerprint density at radius 2 is 1.74 bits per heavy atom. The molecular formula is C23H15N3O6S2. The molecule has 0 spiro atoms. The lowest BCUT2D eigenvalue weighted by Crippen LogP contribution is -2.27. The van der Waals surface area contributed by atoms with Crippen LogP contribution in [0.15, 0.2) is 77.7 Å². The predicted octanol–water partition coefficient (Wildman–Crippen LogP) is 5.70. The van der Waals surface area contributed by atoms with Crippen LogP contribution in [0.25, 0.3) is 6.08 Å². The van der Waals surface area contributed by atoms with Crippen LogP contribution in [-0.2, 0) is 11.3 Å². The standard InChI is InChI=1S/C23H15N3O6S2/c27-22-21(34-23(33)24(22)14-15-5-2-1-3-6-15)12-16-7-4-8-18(11-16)32-20-10-9-17(25(28)29)13-19(20)26(30)31/h1-13H,14H2/b21-12+. The van der Waals surface area contributed by atoms with Gasteiger partial charge >= 0.3 is 5.69 Å². The summed E-state index contributed by atoms with van der Waals surface area (Å²) < 4.78 is 6.09. The fourth-order valence-corrected chi connectivity index (χ4v) is 4.45. The van der Waals surface area contributed by atoms with Crippen molar-refractivity contribution < 1.29 is 19.4 Å². The molecule has 1 aliphatic rings. The molecule has 1 amide bonds. The maximum atomic E-state index is 12.9. The van der Waals surface area contributed by atoms with Crippen LogP contribution in [0.5, 0.6) is 11.5 Å². The van der Waals surface area contributed by atoms with Gasteiger partial charge in [-0.2, -0.15) is 0 Å². The van der Waals surface area contributed by atoms with Crippen molar-refractivity contribution in [2.75, 3.05) is 0 Å². The van der Waals surface area contributed by atoms with Crippen molar-refractivity contribution in [3.05, 3.63) is 109 Å². The maximum absolute atomic E-state index is 12.9. The first kappa shape index (κ1) is 23.1. The number of hydrogen-bond acceptors (Lipinski definition) is 8. The molecule has 0 N–H and O–H groups in total. The van der Waals surface area contributed by atoms with Crippen LogP contribution in [0.4, 0.5) is 11.4 Å². The van der Waals surface area contributed by atoms with Crippen LogP contribution in [0.1, 0.15) is 11.1 Å². The lowest BCUT2D eigenvalue weighted by molar-refractivity contribution is -0.394. The van der Waals surface area contributed by atoms with Gasteiger partial charge in [-0.05, 0) is 35.4 Å². The number of thiocarbonyl (C=S) groups is 1. The molecule has 1 aliphatic heterocycles. The van der Waals surface area contributed by atoms with Gasteiger partial charge in [-0.25, -0.2) is 0 Å². The van der Waals surface area contributed by atoms with E-state index in [-0.39, 0.29) is 17.4 Å². The van der Waals surface area contributed by atoms with E-state index in [2.05, 4.69) is 0 Å². The van der Waals surface area contributed by atoms with Crippen LogP contribution < -0.4 is 4.74 Å². The zero-order valence-corrected chi connectivity index (χ0v) is 19.0. The summed E-state index contributed by atoms with van der Waals surface area (Å²) in [4.78, 5) is 35.7. The van der Waals surface area contributed by atoms with E-state index in [0.717, 1.165) is 17.7 Å². The molecule has 4 rings (SSSR count). The van der Waals surface area contributed by atoms with Gasteiger partial charge in [-0.3, -0.25) is 29.9 Å². The van der Waals surface area contributed by atoms with Crippen molar-refractivity contribution in [2.24, 2.45) is 0 Å². The molecule has 3 aromatic carbocycles. The zero-order valence-electron chi connectivity index (χ0n) is 17.3. The number of carbonyl (C=O) groups excluding carboxylic acids is 1. The Morgan fingerprint density at radius 1 is 0.971 bits per heavy atom. The van der Waals surface area contributed by atoms with Crippen LogP contribution in [0.3, 0.4) is 0 Å². The largest absolute Gasteiger partial charge is 0.450 e. The summed E-state index contributed by atoms with van der Waals surface area (Å²) >= 11 is 6.57. The second kappa shape index (κ2) is 9.81. The molecule has 0 unspecified atom stereocenters. The van der Waals surface area contributed by atoms with Crippen molar-refractivity contribution >= 4 is 51.7 Å². The first-order valence-electron chi connectivity index (χ1n) is 9.82. The fourth-order valence-electron chi connectivity index (χ4n) is 3.20. The van der Waals surface area contributed by atoms with Gasteiger partial charge in [0.15, 0.2) is 0 Å². The van der Waals surface area contributed by atoms with Crippen LogP contribution in [-0.4, -0.2) is 25.0 Å². The highest BCUT2D eigenvalue weighted by molar-refractivity contribution is 8.26. The number of ether oxygens (including phenoxy) is 1. The minimum Gasteiger partial charge on any atom is -0.450 e. The maximum Gasteiger partial charge on any atom is 0.318 e. The Labute approximate surface area is 202 Å². The van der Waals surface area contributed by atoms with E-state index in [1.54, 1.807) is 30.3 Å². The number of hydrogen-bond donors (Lipinski definition) is 0. The number of nitro groups is 2. The summed E-state index contributed by atoms with van der Waals surface area (Å²) in [5.74, 6) is -0.0800. The Hall–Kier alpha value is -4.09. The Morgan fingerprint density at radius 3 is 2.44 bits per heavy atom. The van der Waals surface area contributed by atoms with Crippen molar-refractivity contribution in [1.29, 1.82) is 0 Å². The topological polar surface area (TPSA) is 116 Å². The first-order chi connectivity index (χ1) is 16.3. The number of nitrogens with zero attached hydrogens (tertiary/aromatic N) is 3. The molecule has 1 saturated heterocycles. The lowest BCUT2D eigenvalue weighted by Gasteiger charge is -2.14. The van der Waals surface area contributed by atoms with Crippen molar-refractivity contribution in [3.63, 3.8) is 0 Å². The van der Waals surface area contributed by atoms with E-state index in [0.29, 0.717) is 21.3 Å². The molecule has 9 nitrogen and oxygen atoms in total. The van der Waals surface area contributed by atoms with Crippen molar-refractivity contribution in [3.8, 4) is 11.5 Å². The monoisotopic (exact) mass is 493 g/mol. The highest BCUT2D eigenvalue weighted by atomic mass is 32.2. The minimum atomic E-state index is -0.746. The number of non-ortho nitro benzene ring substituents is 1. The third-order valence-electron chi connectivity index (χ3n) is 4.79. The van der Waals surface area contributed by atoms with Gasteiger partial charge in [0.2, 0.25) is 5.75 Å². The van der Waals surface area contributed by atoms with Crippen LogP contribution in [0, 0.1) is 20.2 Å². The summed E-state index contributed by atoms with van der Waals surface area (Å²) in [5, 5.41) is 22.3. The molecule has 0 atom stereocenters. The van der Waals surface area contributed by atoms with Gasteiger partial charge in [0.05, 0.1) is 27.4 Å². The third kappa shape index (κ3) is 5.11. The fraction of sp³-hybridized carbons (Fsp3) is 0.0435. The third-order valence-corrected chi connectivity index (χ3v) is 6.17. The summed E-state index contributed by atoms with van der Waals surface area (Å²) in [6.07, 6.45) is 1.67. The summed E-state index contributed by atoms with van der Waals surface area (Å²) in [5.41, 5.74) is 0.647. The SMILES string of the molecule is O=C1/C(=C\c2cccc(Oc3ccc([N+](=O)[O-])cc3[N+](=O)[O-])c2)SC(=S)N1Cc1ccccc1. The van der Waals surface area contributed by atoms with Gasteiger partial charge in [0, 0.05) is 6.07 Å². The molecule has 0 saturated carbocycles. The van der Waals surface area contributed by atoms with Gasteiger partial charge in [0.1, 0.15) is 10.1 Å². The molecule has 0 radical (unpaired) electrons. The van der Waals surface area contributed by atoms with E-state index in [1.165, 1.54) is 22.7 Å². The van der Waals surface area contributed by atoms with Gasteiger partial charge in [-0.15, -0.1) is 0 Å². The molecule has 11 heteroatoms. The lowest BCUT2D eigenvalue weighted by atomic mass is 10.2. The van der Waals surface area contributed by atoms with E-state index in [1.807, 2.05) is 30.3 Å². The summed E-state index contributed by atoms with van der Waals surface area (Å²) in [6.45, 7) is 0.371. The number of carbonyl (C=O) groups is 1. The molecule has 0 aromatic heterocycles. The summed E-state index contributed by atoms with van der Waals surface area (Å²) in [6, 6.07) is 19.3. The highest BCUT2D eigenvalue weighted by Gasteiger charge is 2.32.